The summed E-state index contributed by atoms with van der Waals surface area (Å²) in [5.74, 6) is 1.20. The Bertz CT molecular complexity index is 1310. The van der Waals surface area contributed by atoms with Gasteiger partial charge in [-0.3, -0.25) is 4.18 Å². The molecule has 2 aromatic rings. The second-order valence-electron chi connectivity index (χ2n) is 10.5. The van der Waals surface area contributed by atoms with Crippen molar-refractivity contribution in [1.82, 2.24) is 4.72 Å². The molecule has 3 fully saturated rings. The first-order chi connectivity index (χ1) is 15.2. The molecule has 1 unspecified atom stereocenters. The zero-order valence-electron chi connectivity index (χ0n) is 18.4. The van der Waals surface area contributed by atoms with Crippen molar-refractivity contribution in [2.75, 3.05) is 5.75 Å². The Balaban J connectivity index is 0.00000206. The van der Waals surface area contributed by atoms with Gasteiger partial charge in [0.2, 0.25) is 5.76 Å². The lowest BCUT2D eigenvalue weighted by atomic mass is 9.58. The maximum absolute atomic E-state index is 14.2. The molecule has 2 N–H and O–H groups in total. The van der Waals surface area contributed by atoms with Crippen LogP contribution in [0.5, 0.6) is 0 Å². The van der Waals surface area contributed by atoms with E-state index in [2.05, 4.69) is 53.3 Å². The Morgan fingerprint density at radius 2 is 1.67 bits per heavy atom. The Hall–Kier alpha value is -1.19. The standard InChI is InChI=1S/C26H25INO3S.ClH/c1-23(2)18-13-14-24(23)15-32(30)28-26(24)20(21(31-32)17-11-7-4-8-12-17)19(22(27)25(18,26)29)16-9-5-3-6-10-16;/h3-12,18,29H,13-15H2,1-2H3,(H,28,30);1H/q+1;/p-1/t18-,24-,25-,26-,32?;/m0./s1. The van der Waals surface area contributed by atoms with Crippen molar-refractivity contribution in [3.63, 3.8) is 0 Å². The molecular formula is C26H25ClINO3S. The molecule has 0 radical (unpaired) electrons. The van der Waals surface area contributed by atoms with Crippen molar-refractivity contribution in [3.05, 3.63) is 80.9 Å². The van der Waals surface area contributed by atoms with Gasteiger partial charge in [-0.25, -0.2) is 0 Å². The summed E-state index contributed by atoms with van der Waals surface area (Å²) in [7, 11) is -2.83. The molecule has 7 heteroatoms. The molecule has 0 amide bonds. The third kappa shape index (κ3) is 2.16. The van der Waals surface area contributed by atoms with Gasteiger partial charge in [0.25, 0.3) is 0 Å². The van der Waals surface area contributed by atoms with Crippen molar-refractivity contribution in [2.45, 2.75) is 37.8 Å². The van der Waals surface area contributed by atoms with E-state index in [1.807, 2.05) is 48.5 Å². The lowest BCUT2D eigenvalue weighted by Crippen LogP contribution is -3.00. The number of nitrogens with one attached hydrogen (secondary N) is 1. The minimum Gasteiger partial charge on any atom is -1.00 e. The van der Waals surface area contributed by atoms with E-state index in [1.165, 1.54) is 0 Å². The van der Waals surface area contributed by atoms with Crippen molar-refractivity contribution in [1.29, 1.82) is 0 Å². The molecule has 5 atom stereocenters. The molecular weight excluding hydrogens is 569 g/mol. The summed E-state index contributed by atoms with van der Waals surface area (Å²) >= 11 is 2.37. The minimum absolute atomic E-state index is 0. The molecule has 2 aliphatic heterocycles. The summed E-state index contributed by atoms with van der Waals surface area (Å²) < 4.78 is 25.1. The Morgan fingerprint density at radius 1 is 1.06 bits per heavy atom. The van der Waals surface area contributed by atoms with Crippen LogP contribution < -0.4 is 17.1 Å². The Morgan fingerprint density at radius 3 is 2.30 bits per heavy atom. The first-order valence-electron chi connectivity index (χ1n) is 11.2. The zero-order valence-corrected chi connectivity index (χ0v) is 22.1. The first kappa shape index (κ1) is 22.3. The van der Waals surface area contributed by atoms with Gasteiger partial charge in [0.15, 0.2) is 5.75 Å². The van der Waals surface area contributed by atoms with E-state index in [0.29, 0.717) is 11.5 Å². The van der Waals surface area contributed by atoms with E-state index in [4.69, 9.17) is 4.18 Å². The molecule has 33 heavy (non-hydrogen) atoms. The molecule has 2 heterocycles. The molecule has 2 aromatic carbocycles. The largest absolute Gasteiger partial charge is 1.00 e. The fourth-order valence-electron chi connectivity index (χ4n) is 8.03. The monoisotopic (exact) mass is 593 g/mol. The molecule has 4 bridgehead atoms. The molecule has 2 saturated carbocycles. The van der Waals surface area contributed by atoms with Gasteiger partial charge in [-0.2, -0.15) is 0 Å². The van der Waals surface area contributed by atoms with Crippen molar-refractivity contribution in [2.24, 2.45) is 16.7 Å². The van der Waals surface area contributed by atoms with Gasteiger partial charge in [-0.1, -0.05) is 79.2 Å². The lowest BCUT2D eigenvalue weighted by molar-refractivity contribution is -0.0331. The number of aliphatic hydroxyl groups is 1. The second-order valence-corrected chi connectivity index (χ2v) is 13.4. The third-order valence-electron chi connectivity index (χ3n) is 9.23. The van der Waals surface area contributed by atoms with Gasteiger partial charge in [0.05, 0.1) is 5.41 Å². The molecule has 2 spiro atoms. The maximum atomic E-state index is 14.2. The molecule has 4 nitrogen and oxygen atoms in total. The minimum atomic E-state index is -2.83. The van der Waals surface area contributed by atoms with Crippen molar-refractivity contribution >= 4 is 44.3 Å². The highest BCUT2D eigenvalue weighted by Gasteiger charge is 2.94. The predicted molar refractivity (Wildman–Crippen MR) is 135 cm³/mol. The van der Waals surface area contributed by atoms with Gasteiger partial charge in [-0.15, -0.1) is 0 Å². The highest BCUT2D eigenvalue weighted by atomic mass is 127. The average molecular weight is 594 g/mol. The number of benzene rings is 2. The van der Waals surface area contributed by atoms with Crippen LogP contribution in [0.25, 0.3) is 11.3 Å². The summed E-state index contributed by atoms with van der Waals surface area (Å²) in [5.41, 5.74) is 1.57. The molecule has 3 aliphatic carbocycles. The molecule has 172 valence electrons. The van der Waals surface area contributed by atoms with E-state index in [0.717, 1.165) is 38.7 Å². The quantitative estimate of drug-likeness (QED) is 0.415. The maximum Gasteiger partial charge on any atom is 0.334 e. The topological polar surface area (TPSA) is 58.6 Å². The number of fused-ring (bicyclic) bond motifs is 3. The summed E-state index contributed by atoms with van der Waals surface area (Å²) in [5, 5.41) is 12.8. The van der Waals surface area contributed by atoms with E-state index >= 15 is 0 Å². The van der Waals surface area contributed by atoms with Crippen LogP contribution >= 0.6 is 22.6 Å². The molecule has 5 aliphatic rings. The van der Waals surface area contributed by atoms with Crippen LogP contribution in [0.4, 0.5) is 0 Å². The first-order valence-corrected chi connectivity index (χ1v) is 13.9. The van der Waals surface area contributed by atoms with Crippen molar-refractivity contribution in [3.8, 4) is 0 Å². The van der Waals surface area contributed by atoms with E-state index in [9.17, 15) is 9.32 Å². The van der Waals surface area contributed by atoms with Gasteiger partial charge < -0.3 is 17.5 Å². The van der Waals surface area contributed by atoms with Gasteiger partial charge in [-0.05, 0) is 50.6 Å². The summed E-state index contributed by atoms with van der Waals surface area (Å²) in [6.45, 7) is 4.54. The highest BCUT2D eigenvalue weighted by Crippen LogP contribution is 2.84. The average Bonchev–Trinajstić information content (AvgIpc) is 3.30. The van der Waals surface area contributed by atoms with Crippen LogP contribution in [0, 0.1) is 16.7 Å². The van der Waals surface area contributed by atoms with Crippen LogP contribution in [0.15, 0.2) is 69.8 Å². The van der Waals surface area contributed by atoms with Gasteiger partial charge in [0.1, 0.15) is 11.1 Å². The predicted octanol–water partition coefficient (Wildman–Crippen LogP) is 2.13. The molecule has 1 saturated heterocycles. The number of rotatable bonds is 2. The van der Waals surface area contributed by atoms with Crippen molar-refractivity contribution < 1.29 is 25.9 Å². The fourth-order valence-corrected chi connectivity index (χ4v) is 12.3. The zero-order chi connectivity index (χ0) is 22.1. The number of hydrogen-bond donors (Lipinski definition) is 2. The summed E-state index contributed by atoms with van der Waals surface area (Å²) in [4.78, 5) is 0. The summed E-state index contributed by atoms with van der Waals surface area (Å²) in [6, 6.07) is 20.3. The Labute approximate surface area is 215 Å². The lowest BCUT2D eigenvalue weighted by Gasteiger charge is -2.46. The smallest absolute Gasteiger partial charge is 0.334 e. The van der Waals surface area contributed by atoms with Crippen LogP contribution in [-0.4, -0.2) is 22.0 Å². The highest BCUT2D eigenvalue weighted by molar-refractivity contribution is 14.1. The second kappa shape index (κ2) is 6.52. The van der Waals surface area contributed by atoms with Crippen LogP contribution in [0.2, 0.25) is 0 Å². The fraction of sp³-hybridized carbons (Fsp3) is 0.385. The van der Waals surface area contributed by atoms with Crippen LogP contribution in [-0.2, 0) is 18.8 Å². The number of halogens is 2. The SMILES string of the molecule is CC1(C)[C@@H]2CC[C@]13C[S+]1(=O)N[C@@]34C(=C(c3ccccc3)O1)C(c1ccccc1)=C(I)[C@@]24O.[Cl-]. The van der Waals surface area contributed by atoms with Gasteiger partial charge >= 0.3 is 10.4 Å². The molecule has 0 aromatic heterocycles. The van der Waals surface area contributed by atoms with Crippen LogP contribution in [0.3, 0.4) is 0 Å². The summed E-state index contributed by atoms with van der Waals surface area (Å²) in [6.07, 6.45) is 1.88. The molecule has 7 rings (SSSR count). The number of hydrogen-bond acceptors (Lipinski definition) is 3. The normalized spacial score (nSPS) is 41.2. The van der Waals surface area contributed by atoms with E-state index in [-0.39, 0.29) is 29.2 Å². The third-order valence-corrected chi connectivity index (χ3v) is 12.5. The van der Waals surface area contributed by atoms with Gasteiger partial charge in [0, 0.05) is 26.2 Å². The Kier molecular flexibility index (Phi) is 4.40. The van der Waals surface area contributed by atoms with E-state index < -0.39 is 21.5 Å². The van der Waals surface area contributed by atoms with E-state index in [1.54, 1.807) is 0 Å². The van der Waals surface area contributed by atoms with Crippen LogP contribution in [0.1, 0.15) is 37.8 Å².